The van der Waals surface area contributed by atoms with Gasteiger partial charge in [-0.3, -0.25) is 14.4 Å². The number of likely N-dealkylation sites (tertiary alicyclic amines) is 1. The number of esters is 1. The largest absolute Gasteiger partial charge is 0.454 e. The number of carbonyl (C=O) groups excluding carboxylic acids is 3. The third-order valence-electron chi connectivity index (χ3n) is 5.59. The van der Waals surface area contributed by atoms with Crippen LogP contribution in [0.25, 0.3) is 0 Å². The standard InChI is InChI=1S/C21H28N2O4/c1-15-6-4-8-17(12-15)21(26)22-13-20(25)27-14-19(24)23-11-5-9-16-7-2-3-10-18(16)23/h4,6,8,12,16,18H,2-3,5,7,9-11,13-14H2,1H3,(H,22,26)/t16-,18+/m1/s1. The maximum Gasteiger partial charge on any atom is 0.325 e. The van der Waals surface area contributed by atoms with Gasteiger partial charge in [0.15, 0.2) is 6.61 Å². The number of hydrogen-bond acceptors (Lipinski definition) is 4. The molecule has 2 amide bonds. The number of nitrogens with one attached hydrogen (secondary N) is 1. The molecule has 1 heterocycles. The lowest BCUT2D eigenvalue weighted by Crippen LogP contribution is -2.51. The van der Waals surface area contributed by atoms with Crippen molar-refractivity contribution in [3.05, 3.63) is 35.4 Å². The fourth-order valence-corrected chi connectivity index (χ4v) is 4.25. The topological polar surface area (TPSA) is 75.7 Å². The summed E-state index contributed by atoms with van der Waals surface area (Å²) in [6.07, 6.45) is 6.87. The van der Waals surface area contributed by atoms with Crippen LogP contribution in [0.4, 0.5) is 0 Å². The smallest absolute Gasteiger partial charge is 0.325 e. The Hall–Kier alpha value is -2.37. The van der Waals surface area contributed by atoms with Gasteiger partial charge in [-0.25, -0.2) is 0 Å². The summed E-state index contributed by atoms with van der Waals surface area (Å²) in [6.45, 7) is 2.16. The van der Waals surface area contributed by atoms with Gasteiger partial charge in [-0.1, -0.05) is 30.5 Å². The minimum Gasteiger partial charge on any atom is -0.454 e. The van der Waals surface area contributed by atoms with Gasteiger partial charge in [0.1, 0.15) is 6.54 Å². The Balaban J connectivity index is 1.43. The molecule has 1 saturated heterocycles. The van der Waals surface area contributed by atoms with Crippen LogP contribution in [0, 0.1) is 12.8 Å². The highest BCUT2D eigenvalue weighted by atomic mass is 16.5. The molecule has 2 aliphatic rings. The second kappa shape index (κ2) is 9.02. The molecule has 2 fully saturated rings. The summed E-state index contributed by atoms with van der Waals surface area (Å²) in [7, 11) is 0. The molecule has 146 valence electrons. The molecule has 6 heteroatoms. The number of benzene rings is 1. The number of piperidine rings is 1. The van der Waals surface area contributed by atoms with Crippen LogP contribution in [0.3, 0.4) is 0 Å². The summed E-state index contributed by atoms with van der Waals surface area (Å²) in [5, 5.41) is 2.54. The summed E-state index contributed by atoms with van der Waals surface area (Å²) in [6, 6.07) is 7.43. The number of amides is 2. The average molecular weight is 372 g/mol. The molecule has 27 heavy (non-hydrogen) atoms. The molecule has 1 saturated carbocycles. The van der Waals surface area contributed by atoms with Crippen LogP contribution < -0.4 is 5.32 Å². The van der Waals surface area contributed by atoms with Crippen LogP contribution >= 0.6 is 0 Å². The van der Waals surface area contributed by atoms with Crippen molar-refractivity contribution in [3.8, 4) is 0 Å². The quantitative estimate of drug-likeness (QED) is 0.806. The number of nitrogens with zero attached hydrogens (tertiary/aromatic N) is 1. The van der Waals surface area contributed by atoms with Crippen molar-refractivity contribution < 1.29 is 19.1 Å². The van der Waals surface area contributed by atoms with E-state index in [1.54, 1.807) is 18.2 Å². The first kappa shape index (κ1) is 19.4. The third kappa shape index (κ3) is 5.08. The van der Waals surface area contributed by atoms with E-state index in [0.29, 0.717) is 17.5 Å². The van der Waals surface area contributed by atoms with E-state index in [0.717, 1.165) is 31.4 Å². The highest BCUT2D eigenvalue weighted by Crippen LogP contribution is 2.35. The predicted molar refractivity (Wildman–Crippen MR) is 101 cm³/mol. The van der Waals surface area contributed by atoms with Crippen molar-refractivity contribution >= 4 is 17.8 Å². The van der Waals surface area contributed by atoms with Gasteiger partial charge in [0.2, 0.25) is 0 Å². The summed E-state index contributed by atoms with van der Waals surface area (Å²) in [5.41, 5.74) is 1.47. The molecule has 2 atom stereocenters. The zero-order valence-corrected chi connectivity index (χ0v) is 15.9. The molecule has 1 aliphatic carbocycles. The zero-order chi connectivity index (χ0) is 19.2. The maximum absolute atomic E-state index is 12.5. The number of carbonyl (C=O) groups is 3. The maximum atomic E-state index is 12.5. The van der Waals surface area contributed by atoms with Crippen molar-refractivity contribution in [2.24, 2.45) is 5.92 Å². The van der Waals surface area contributed by atoms with E-state index < -0.39 is 5.97 Å². The first-order chi connectivity index (χ1) is 13.0. The molecule has 3 rings (SSSR count). The monoisotopic (exact) mass is 372 g/mol. The highest BCUT2D eigenvalue weighted by molar-refractivity contribution is 5.96. The molecule has 1 aromatic rings. The third-order valence-corrected chi connectivity index (χ3v) is 5.59. The molecule has 0 radical (unpaired) electrons. The van der Waals surface area contributed by atoms with E-state index in [1.807, 2.05) is 17.9 Å². The van der Waals surface area contributed by atoms with E-state index in [-0.39, 0.29) is 25.0 Å². The van der Waals surface area contributed by atoms with Gasteiger partial charge < -0.3 is 15.0 Å². The molecule has 0 aromatic heterocycles. The fourth-order valence-electron chi connectivity index (χ4n) is 4.25. The van der Waals surface area contributed by atoms with Crippen LogP contribution in [0.2, 0.25) is 0 Å². The van der Waals surface area contributed by atoms with Gasteiger partial charge in [-0.05, 0) is 50.7 Å². The number of fused-ring (bicyclic) bond motifs is 1. The van der Waals surface area contributed by atoms with Gasteiger partial charge in [0.25, 0.3) is 11.8 Å². The van der Waals surface area contributed by atoms with Crippen LogP contribution in [-0.4, -0.2) is 48.4 Å². The summed E-state index contributed by atoms with van der Waals surface area (Å²) < 4.78 is 5.10. The minimum absolute atomic E-state index is 0.120. The van der Waals surface area contributed by atoms with E-state index in [2.05, 4.69) is 5.32 Å². The van der Waals surface area contributed by atoms with Crippen molar-refractivity contribution in [2.45, 2.75) is 51.5 Å². The second-order valence-electron chi connectivity index (χ2n) is 7.55. The molecule has 1 aliphatic heterocycles. The Labute approximate surface area is 160 Å². The van der Waals surface area contributed by atoms with Gasteiger partial charge in [0.05, 0.1) is 0 Å². The Morgan fingerprint density at radius 1 is 1.15 bits per heavy atom. The van der Waals surface area contributed by atoms with E-state index in [9.17, 15) is 14.4 Å². The van der Waals surface area contributed by atoms with Gasteiger partial charge in [-0.2, -0.15) is 0 Å². The van der Waals surface area contributed by atoms with Crippen LogP contribution in [0.15, 0.2) is 24.3 Å². The van der Waals surface area contributed by atoms with Gasteiger partial charge in [0, 0.05) is 18.2 Å². The Morgan fingerprint density at radius 2 is 1.93 bits per heavy atom. The molecular weight excluding hydrogens is 344 g/mol. The zero-order valence-electron chi connectivity index (χ0n) is 15.9. The van der Waals surface area contributed by atoms with Crippen LogP contribution in [-0.2, 0) is 14.3 Å². The lowest BCUT2D eigenvalue weighted by Gasteiger charge is -2.44. The Bertz CT molecular complexity index is 701. The van der Waals surface area contributed by atoms with Gasteiger partial charge >= 0.3 is 5.97 Å². The number of hydrogen-bond donors (Lipinski definition) is 1. The fraction of sp³-hybridized carbons (Fsp3) is 0.571. The first-order valence-corrected chi connectivity index (χ1v) is 9.84. The lowest BCUT2D eigenvalue weighted by molar-refractivity contribution is -0.154. The molecule has 0 unspecified atom stereocenters. The van der Waals surface area contributed by atoms with E-state index >= 15 is 0 Å². The predicted octanol–water partition coefficient (Wildman–Crippen LogP) is 2.45. The molecule has 1 aromatic carbocycles. The Morgan fingerprint density at radius 3 is 2.74 bits per heavy atom. The van der Waals surface area contributed by atoms with Crippen molar-refractivity contribution in [2.75, 3.05) is 19.7 Å². The SMILES string of the molecule is Cc1cccc(C(=O)NCC(=O)OCC(=O)N2CCC[C@H]3CCCC[C@@H]32)c1. The number of ether oxygens (including phenoxy) is 1. The van der Waals surface area contributed by atoms with Crippen molar-refractivity contribution in [1.82, 2.24) is 10.2 Å². The first-order valence-electron chi connectivity index (χ1n) is 9.84. The number of aryl methyl sites for hydroxylation is 1. The second-order valence-corrected chi connectivity index (χ2v) is 7.55. The van der Waals surface area contributed by atoms with Crippen molar-refractivity contribution in [3.63, 3.8) is 0 Å². The molecule has 1 N–H and O–H groups in total. The number of rotatable bonds is 5. The summed E-state index contributed by atoms with van der Waals surface area (Å²) >= 11 is 0. The van der Waals surface area contributed by atoms with E-state index in [4.69, 9.17) is 4.74 Å². The van der Waals surface area contributed by atoms with Crippen LogP contribution in [0.1, 0.15) is 54.4 Å². The molecule has 0 spiro atoms. The normalized spacial score (nSPS) is 21.9. The molecule has 6 nitrogen and oxygen atoms in total. The molecular formula is C21H28N2O4. The van der Waals surface area contributed by atoms with Crippen molar-refractivity contribution in [1.29, 1.82) is 0 Å². The highest BCUT2D eigenvalue weighted by Gasteiger charge is 2.35. The summed E-state index contributed by atoms with van der Waals surface area (Å²) in [4.78, 5) is 38.4. The Kier molecular flexibility index (Phi) is 6.48. The average Bonchev–Trinajstić information content (AvgIpc) is 2.69. The lowest BCUT2D eigenvalue weighted by atomic mass is 9.78. The summed E-state index contributed by atoms with van der Waals surface area (Å²) in [5.74, 6) is -0.449. The molecule has 0 bridgehead atoms. The minimum atomic E-state index is -0.596. The van der Waals surface area contributed by atoms with Gasteiger partial charge in [-0.15, -0.1) is 0 Å². The van der Waals surface area contributed by atoms with E-state index in [1.165, 1.54) is 19.3 Å². The van der Waals surface area contributed by atoms with Crippen LogP contribution in [0.5, 0.6) is 0 Å².